The van der Waals surface area contributed by atoms with Gasteiger partial charge in [-0.15, -0.1) is 0 Å². The first kappa shape index (κ1) is 23.8. The van der Waals surface area contributed by atoms with E-state index in [4.69, 9.17) is 26.5 Å². The van der Waals surface area contributed by atoms with Gasteiger partial charge in [-0.25, -0.2) is 0 Å². The van der Waals surface area contributed by atoms with E-state index in [2.05, 4.69) is 79.8 Å². The summed E-state index contributed by atoms with van der Waals surface area (Å²) in [5, 5.41) is 8.46. The van der Waals surface area contributed by atoms with Crippen LogP contribution in [0.5, 0.6) is 5.75 Å². The summed E-state index contributed by atoms with van der Waals surface area (Å²) in [6.45, 7) is 6.28. The lowest BCUT2D eigenvalue weighted by molar-refractivity contribution is 0.404. The molecule has 1 aromatic heterocycles. The third kappa shape index (κ3) is 4.50. The van der Waals surface area contributed by atoms with Crippen molar-refractivity contribution >= 4 is 28.6 Å². The lowest BCUT2D eigenvalue weighted by Crippen LogP contribution is -2.46. The van der Waals surface area contributed by atoms with Crippen molar-refractivity contribution in [1.82, 2.24) is 15.5 Å². The summed E-state index contributed by atoms with van der Waals surface area (Å²) >= 11 is 5.88. The van der Waals surface area contributed by atoms with E-state index in [-0.39, 0.29) is 6.04 Å². The normalized spacial score (nSPS) is 15.7. The number of hydrogen-bond donors (Lipinski definition) is 1. The number of nitrogens with one attached hydrogen (secondary N) is 1. The van der Waals surface area contributed by atoms with Crippen LogP contribution < -0.4 is 15.0 Å². The van der Waals surface area contributed by atoms with E-state index in [0.29, 0.717) is 16.8 Å². The molecule has 1 atom stereocenters. The Hall–Kier alpha value is -3.97. The van der Waals surface area contributed by atoms with Gasteiger partial charge in [0.2, 0.25) is 5.82 Å². The minimum atomic E-state index is -0.229. The van der Waals surface area contributed by atoms with Crippen LogP contribution in [0.15, 0.2) is 83.0 Å². The molecule has 4 aromatic rings. The van der Waals surface area contributed by atoms with E-state index < -0.39 is 0 Å². The van der Waals surface area contributed by atoms with E-state index in [1.807, 2.05) is 29.2 Å². The van der Waals surface area contributed by atoms with Gasteiger partial charge in [0, 0.05) is 16.9 Å². The minimum absolute atomic E-state index is 0.229. The van der Waals surface area contributed by atoms with Gasteiger partial charge in [-0.2, -0.15) is 4.98 Å². The molecule has 182 valence electrons. The van der Waals surface area contributed by atoms with E-state index in [9.17, 15) is 0 Å². The Morgan fingerprint density at radius 1 is 1.03 bits per heavy atom. The lowest BCUT2D eigenvalue weighted by atomic mass is 9.94. The summed E-state index contributed by atoms with van der Waals surface area (Å²) in [5.74, 6) is 1.74. The zero-order valence-electron chi connectivity index (χ0n) is 20.8. The maximum Gasteiger partial charge on any atom is 0.258 e. The van der Waals surface area contributed by atoms with Gasteiger partial charge < -0.3 is 14.6 Å². The smallest absolute Gasteiger partial charge is 0.258 e. The molecule has 1 aliphatic rings. The number of rotatable bonds is 6. The predicted octanol–water partition coefficient (Wildman–Crippen LogP) is 6.48. The molecule has 1 aliphatic heterocycles. The largest absolute Gasteiger partial charge is 0.497 e. The standard InChI is InChI=1S/C29H28N4O2S/c1-5-20-7-6-8-23(17-20)33-19(3)25(26(30-29(33)36)21-11-9-18(2)10-12-21)28-31-27(32-35-28)22-13-15-24(34-4)16-14-22/h6-17,26H,5H2,1-4H3,(H,30,36). The molecule has 5 rings (SSSR count). The molecule has 3 aromatic carbocycles. The SMILES string of the molecule is CCc1cccc(N2C(=S)NC(c3ccc(C)cc3)C(c3nc(-c4ccc(OC)cc4)no3)=C2C)c1. The average Bonchev–Trinajstić information content (AvgIpc) is 3.39. The second-order valence-electron chi connectivity index (χ2n) is 8.80. The van der Waals surface area contributed by atoms with Gasteiger partial charge >= 0.3 is 0 Å². The monoisotopic (exact) mass is 496 g/mol. The summed E-state index contributed by atoms with van der Waals surface area (Å²) in [4.78, 5) is 6.85. The molecule has 0 spiro atoms. The van der Waals surface area contributed by atoms with E-state index in [1.165, 1.54) is 11.1 Å². The number of nitrogens with zero attached hydrogens (tertiary/aromatic N) is 3. The maximum atomic E-state index is 5.88. The zero-order valence-corrected chi connectivity index (χ0v) is 21.6. The molecular weight excluding hydrogens is 468 g/mol. The molecule has 0 saturated heterocycles. The molecular formula is C29H28N4O2S. The maximum absolute atomic E-state index is 5.88. The number of aryl methyl sites for hydroxylation is 2. The number of allylic oxidation sites excluding steroid dienone is 1. The van der Waals surface area contributed by atoms with Crippen LogP contribution in [0.2, 0.25) is 0 Å². The van der Waals surface area contributed by atoms with Gasteiger partial charge in [0.15, 0.2) is 5.11 Å². The van der Waals surface area contributed by atoms with Crippen molar-refractivity contribution in [2.75, 3.05) is 12.0 Å². The summed E-state index contributed by atoms with van der Waals surface area (Å²) in [5.41, 5.74) is 7.19. The lowest BCUT2D eigenvalue weighted by Gasteiger charge is -2.37. The number of benzene rings is 3. The summed E-state index contributed by atoms with van der Waals surface area (Å²) in [6.07, 6.45) is 0.943. The van der Waals surface area contributed by atoms with Crippen molar-refractivity contribution in [3.63, 3.8) is 0 Å². The fourth-order valence-corrected chi connectivity index (χ4v) is 4.81. The molecule has 0 amide bonds. The second kappa shape index (κ2) is 9.95. The van der Waals surface area contributed by atoms with Gasteiger partial charge in [-0.3, -0.25) is 4.90 Å². The van der Waals surface area contributed by atoms with E-state index in [0.717, 1.165) is 40.3 Å². The number of thiocarbonyl (C=S) groups is 1. The summed E-state index contributed by atoms with van der Waals surface area (Å²) < 4.78 is 11.1. The third-order valence-electron chi connectivity index (χ3n) is 6.48. The summed E-state index contributed by atoms with van der Waals surface area (Å²) in [6, 6.07) is 24.2. The molecule has 6 nitrogen and oxygen atoms in total. The number of methoxy groups -OCH3 is 1. The number of anilines is 1. The predicted molar refractivity (Wildman–Crippen MR) is 147 cm³/mol. The van der Waals surface area contributed by atoms with Gasteiger partial charge in [-0.1, -0.05) is 54.0 Å². The van der Waals surface area contributed by atoms with Crippen molar-refractivity contribution in [2.45, 2.75) is 33.2 Å². The first-order valence-corrected chi connectivity index (χ1v) is 12.3. The van der Waals surface area contributed by atoms with Crippen LogP contribution in [-0.4, -0.2) is 22.4 Å². The van der Waals surface area contributed by atoms with Crippen molar-refractivity contribution in [1.29, 1.82) is 0 Å². The van der Waals surface area contributed by atoms with Gasteiger partial charge in [0.05, 0.1) is 18.7 Å². The highest BCUT2D eigenvalue weighted by molar-refractivity contribution is 7.80. The van der Waals surface area contributed by atoms with E-state index in [1.54, 1.807) is 7.11 Å². The molecule has 0 bridgehead atoms. The highest BCUT2D eigenvalue weighted by Crippen LogP contribution is 2.39. The Morgan fingerprint density at radius 2 is 1.78 bits per heavy atom. The van der Waals surface area contributed by atoms with Crippen molar-refractivity contribution < 1.29 is 9.26 Å². The molecule has 0 radical (unpaired) electrons. The van der Waals surface area contributed by atoms with E-state index >= 15 is 0 Å². The topological polar surface area (TPSA) is 63.4 Å². The average molecular weight is 497 g/mol. The Balaban J connectivity index is 1.63. The summed E-state index contributed by atoms with van der Waals surface area (Å²) in [7, 11) is 1.64. The Morgan fingerprint density at radius 3 is 2.47 bits per heavy atom. The zero-order chi connectivity index (χ0) is 25.2. The highest BCUT2D eigenvalue weighted by Gasteiger charge is 2.34. The number of hydrogen-bond acceptors (Lipinski definition) is 5. The first-order valence-electron chi connectivity index (χ1n) is 11.9. The number of ether oxygens (including phenoxy) is 1. The van der Waals surface area contributed by atoms with Gasteiger partial charge in [0.1, 0.15) is 5.75 Å². The number of aromatic nitrogens is 2. The van der Waals surface area contributed by atoms with Gasteiger partial charge in [0.25, 0.3) is 5.89 Å². The molecule has 0 aliphatic carbocycles. The fourth-order valence-electron chi connectivity index (χ4n) is 4.45. The van der Waals surface area contributed by atoms with Gasteiger partial charge in [-0.05, 0) is 80.0 Å². The Labute approximate surface area is 216 Å². The van der Waals surface area contributed by atoms with Crippen LogP contribution in [0.1, 0.15) is 42.5 Å². The third-order valence-corrected chi connectivity index (χ3v) is 6.78. The second-order valence-corrected chi connectivity index (χ2v) is 9.19. The van der Waals surface area contributed by atoms with Crippen LogP contribution in [0.25, 0.3) is 17.0 Å². The quantitative estimate of drug-likeness (QED) is 0.306. The van der Waals surface area contributed by atoms with Crippen molar-refractivity contribution in [3.8, 4) is 17.1 Å². The Bertz CT molecular complexity index is 1420. The molecule has 1 N–H and O–H groups in total. The van der Waals surface area contributed by atoms with Crippen LogP contribution in [-0.2, 0) is 6.42 Å². The molecule has 36 heavy (non-hydrogen) atoms. The minimum Gasteiger partial charge on any atom is -0.497 e. The Kier molecular flexibility index (Phi) is 6.57. The first-order chi connectivity index (χ1) is 17.5. The van der Waals surface area contributed by atoms with Crippen LogP contribution >= 0.6 is 12.2 Å². The molecule has 2 heterocycles. The highest BCUT2D eigenvalue weighted by atomic mass is 32.1. The van der Waals surface area contributed by atoms with Crippen molar-refractivity contribution in [3.05, 3.63) is 101 Å². The van der Waals surface area contributed by atoms with Crippen LogP contribution in [0.3, 0.4) is 0 Å². The fraction of sp³-hybridized carbons (Fsp3) is 0.207. The molecule has 0 saturated carbocycles. The van der Waals surface area contributed by atoms with Crippen LogP contribution in [0.4, 0.5) is 5.69 Å². The van der Waals surface area contributed by atoms with Crippen molar-refractivity contribution in [2.24, 2.45) is 0 Å². The molecule has 7 heteroatoms. The molecule has 0 fully saturated rings. The van der Waals surface area contributed by atoms with Crippen LogP contribution in [0, 0.1) is 6.92 Å². The molecule has 1 unspecified atom stereocenters.